The number of nitrogens with zero attached hydrogens (tertiary/aromatic N) is 2. The standard InChI is InChI=1S/C6H9F3N2O/c1-10-4-11(2-5(10)12)3-6(7,8)9/h2-4H2,1H3. The zero-order valence-electron chi connectivity index (χ0n) is 6.56. The van der Waals surface area contributed by atoms with Gasteiger partial charge < -0.3 is 4.90 Å². The van der Waals surface area contributed by atoms with Crippen LogP contribution in [0.15, 0.2) is 0 Å². The van der Waals surface area contributed by atoms with E-state index in [-0.39, 0.29) is 19.1 Å². The molecular formula is C6H9F3N2O. The molecule has 0 aromatic rings. The van der Waals surface area contributed by atoms with Gasteiger partial charge in [0.15, 0.2) is 0 Å². The fraction of sp³-hybridized carbons (Fsp3) is 0.833. The highest BCUT2D eigenvalue weighted by Crippen LogP contribution is 2.18. The monoisotopic (exact) mass is 182 g/mol. The Morgan fingerprint density at radius 3 is 2.42 bits per heavy atom. The molecule has 0 unspecified atom stereocenters. The summed E-state index contributed by atoms with van der Waals surface area (Å²) in [6.45, 7) is -1.07. The van der Waals surface area contributed by atoms with Crippen molar-refractivity contribution >= 4 is 5.91 Å². The molecule has 0 bridgehead atoms. The number of halogens is 3. The van der Waals surface area contributed by atoms with Crippen molar-refractivity contribution in [3.8, 4) is 0 Å². The maximum absolute atomic E-state index is 11.8. The highest BCUT2D eigenvalue weighted by atomic mass is 19.4. The summed E-state index contributed by atoms with van der Waals surface area (Å²) >= 11 is 0. The highest BCUT2D eigenvalue weighted by Gasteiger charge is 2.35. The Morgan fingerprint density at radius 1 is 1.50 bits per heavy atom. The Morgan fingerprint density at radius 2 is 2.08 bits per heavy atom. The quantitative estimate of drug-likeness (QED) is 0.581. The fourth-order valence-corrected chi connectivity index (χ4v) is 1.10. The Kier molecular flexibility index (Phi) is 2.27. The van der Waals surface area contributed by atoms with E-state index in [2.05, 4.69) is 0 Å². The lowest BCUT2D eigenvalue weighted by Gasteiger charge is -2.16. The largest absolute Gasteiger partial charge is 0.401 e. The van der Waals surface area contributed by atoms with Crippen LogP contribution in [0.1, 0.15) is 0 Å². The molecule has 1 rings (SSSR count). The van der Waals surface area contributed by atoms with Gasteiger partial charge in [-0.25, -0.2) is 0 Å². The molecule has 0 atom stereocenters. The second-order valence-corrected chi connectivity index (χ2v) is 2.84. The molecule has 0 N–H and O–H groups in total. The summed E-state index contributed by atoms with van der Waals surface area (Å²) in [4.78, 5) is 13.1. The maximum Gasteiger partial charge on any atom is 0.401 e. The number of carbonyl (C=O) groups is 1. The van der Waals surface area contributed by atoms with E-state index in [1.807, 2.05) is 0 Å². The molecule has 0 aliphatic carbocycles. The van der Waals surface area contributed by atoms with E-state index in [1.54, 1.807) is 0 Å². The molecule has 12 heavy (non-hydrogen) atoms. The van der Waals surface area contributed by atoms with Gasteiger partial charge >= 0.3 is 6.18 Å². The second kappa shape index (κ2) is 2.93. The van der Waals surface area contributed by atoms with Crippen LogP contribution >= 0.6 is 0 Å². The Hall–Kier alpha value is -0.780. The first kappa shape index (κ1) is 9.31. The third-order valence-electron chi connectivity index (χ3n) is 1.60. The van der Waals surface area contributed by atoms with Crippen molar-refractivity contribution in [1.82, 2.24) is 9.80 Å². The van der Waals surface area contributed by atoms with Crippen LogP contribution in [0, 0.1) is 0 Å². The molecule has 1 fully saturated rings. The highest BCUT2D eigenvalue weighted by molar-refractivity contribution is 5.79. The number of amides is 1. The van der Waals surface area contributed by atoms with Crippen molar-refractivity contribution in [2.24, 2.45) is 0 Å². The van der Waals surface area contributed by atoms with E-state index >= 15 is 0 Å². The second-order valence-electron chi connectivity index (χ2n) is 2.84. The van der Waals surface area contributed by atoms with E-state index in [1.165, 1.54) is 11.9 Å². The predicted molar refractivity (Wildman–Crippen MR) is 35.3 cm³/mol. The number of alkyl halides is 3. The zero-order chi connectivity index (χ0) is 9.35. The number of rotatable bonds is 1. The van der Waals surface area contributed by atoms with Gasteiger partial charge in [-0.05, 0) is 0 Å². The van der Waals surface area contributed by atoms with Gasteiger partial charge in [-0.1, -0.05) is 0 Å². The molecule has 6 heteroatoms. The van der Waals surface area contributed by atoms with E-state index in [4.69, 9.17) is 0 Å². The van der Waals surface area contributed by atoms with Gasteiger partial charge in [-0.2, -0.15) is 13.2 Å². The lowest BCUT2D eigenvalue weighted by molar-refractivity contribution is -0.144. The van der Waals surface area contributed by atoms with Crippen LogP contribution in [0.2, 0.25) is 0 Å². The van der Waals surface area contributed by atoms with Gasteiger partial charge in [-0.3, -0.25) is 9.69 Å². The van der Waals surface area contributed by atoms with Crippen LogP contribution in [-0.4, -0.2) is 48.7 Å². The summed E-state index contributed by atoms with van der Waals surface area (Å²) in [5.74, 6) is -0.265. The first-order valence-electron chi connectivity index (χ1n) is 3.41. The minimum atomic E-state index is -4.22. The van der Waals surface area contributed by atoms with Gasteiger partial charge in [0.1, 0.15) is 0 Å². The molecule has 1 heterocycles. The van der Waals surface area contributed by atoms with E-state index in [0.29, 0.717) is 0 Å². The van der Waals surface area contributed by atoms with Gasteiger partial charge in [0.25, 0.3) is 0 Å². The lowest BCUT2D eigenvalue weighted by Crippen LogP contribution is -2.33. The lowest BCUT2D eigenvalue weighted by atomic mass is 10.5. The zero-order valence-corrected chi connectivity index (χ0v) is 6.56. The average Bonchev–Trinajstić information content (AvgIpc) is 2.07. The van der Waals surface area contributed by atoms with Crippen LogP contribution < -0.4 is 0 Å². The molecule has 1 aliphatic heterocycles. The smallest absolute Gasteiger partial charge is 0.332 e. The molecule has 0 saturated carbocycles. The van der Waals surface area contributed by atoms with E-state index in [9.17, 15) is 18.0 Å². The summed E-state index contributed by atoms with van der Waals surface area (Å²) < 4.78 is 35.4. The SMILES string of the molecule is CN1CN(CC(F)(F)F)CC1=O. The fourth-order valence-electron chi connectivity index (χ4n) is 1.10. The minimum Gasteiger partial charge on any atom is -0.332 e. The topological polar surface area (TPSA) is 23.6 Å². The molecule has 0 aromatic carbocycles. The normalized spacial score (nSPS) is 20.7. The summed E-state index contributed by atoms with van der Waals surface area (Å²) in [5, 5.41) is 0. The number of hydrogen-bond donors (Lipinski definition) is 0. The van der Waals surface area contributed by atoms with Gasteiger partial charge in [0, 0.05) is 7.05 Å². The summed E-state index contributed by atoms with van der Waals surface area (Å²) in [6, 6.07) is 0. The number of likely N-dealkylation sites (N-methyl/N-ethyl adjacent to an activating group) is 1. The molecule has 1 saturated heterocycles. The van der Waals surface area contributed by atoms with E-state index < -0.39 is 12.7 Å². The molecule has 70 valence electrons. The predicted octanol–water partition coefficient (Wildman–Crippen LogP) is 0.280. The molecule has 0 radical (unpaired) electrons. The van der Waals surface area contributed by atoms with Gasteiger partial charge in [-0.15, -0.1) is 0 Å². The van der Waals surface area contributed by atoms with Crippen LogP contribution in [0.25, 0.3) is 0 Å². The first-order valence-corrected chi connectivity index (χ1v) is 3.41. The molecule has 0 aromatic heterocycles. The van der Waals surface area contributed by atoms with Crippen molar-refractivity contribution in [2.45, 2.75) is 6.18 Å². The van der Waals surface area contributed by atoms with Gasteiger partial charge in [0.05, 0.1) is 19.8 Å². The van der Waals surface area contributed by atoms with Crippen LogP contribution in [0.3, 0.4) is 0 Å². The number of carbonyl (C=O) groups excluding carboxylic acids is 1. The molecule has 1 amide bonds. The summed E-state index contributed by atoms with van der Waals surface area (Å²) in [6.07, 6.45) is -4.22. The van der Waals surface area contributed by atoms with Crippen molar-refractivity contribution < 1.29 is 18.0 Å². The third kappa shape index (κ3) is 2.37. The molecule has 1 aliphatic rings. The Labute approximate surface area is 67.7 Å². The van der Waals surface area contributed by atoms with Gasteiger partial charge in [0.2, 0.25) is 5.91 Å². The van der Waals surface area contributed by atoms with Crippen molar-refractivity contribution in [3.63, 3.8) is 0 Å². The van der Waals surface area contributed by atoms with Crippen molar-refractivity contribution in [2.75, 3.05) is 26.8 Å². The molecular weight excluding hydrogens is 173 g/mol. The van der Waals surface area contributed by atoms with Crippen LogP contribution in [0.4, 0.5) is 13.2 Å². The Balaban J connectivity index is 2.43. The summed E-state index contributed by atoms with van der Waals surface area (Å²) in [5.41, 5.74) is 0. The summed E-state index contributed by atoms with van der Waals surface area (Å²) in [7, 11) is 1.48. The molecule has 3 nitrogen and oxygen atoms in total. The van der Waals surface area contributed by atoms with Crippen molar-refractivity contribution in [1.29, 1.82) is 0 Å². The first-order chi connectivity index (χ1) is 5.38. The van der Waals surface area contributed by atoms with Crippen molar-refractivity contribution in [3.05, 3.63) is 0 Å². The van der Waals surface area contributed by atoms with Crippen LogP contribution in [0.5, 0.6) is 0 Å². The average molecular weight is 182 g/mol. The minimum absolute atomic E-state index is 0.0678. The Bertz CT molecular complexity index is 192. The van der Waals surface area contributed by atoms with Crippen LogP contribution in [-0.2, 0) is 4.79 Å². The van der Waals surface area contributed by atoms with E-state index in [0.717, 1.165) is 4.90 Å². The number of hydrogen-bond acceptors (Lipinski definition) is 2. The molecule has 0 spiro atoms. The third-order valence-corrected chi connectivity index (χ3v) is 1.60. The maximum atomic E-state index is 11.8.